The van der Waals surface area contributed by atoms with Crippen molar-refractivity contribution in [1.82, 2.24) is 0 Å². The first-order valence-corrected chi connectivity index (χ1v) is 8.20. The molecule has 2 aromatic rings. The SMILES string of the molecule is N#Cc1ccc2c(c1)S(=O)(=O)C(C(O)c1ccccc1)C2O. The topological polar surface area (TPSA) is 98.4 Å². The molecule has 2 aromatic carbocycles. The Hall–Kier alpha value is -2.20. The second kappa shape index (κ2) is 5.21. The van der Waals surface area contributed by atoms with Crippen molar-refractivity contribution in [3.63, 3.8) is 0 Å². The minimum atomic E-state index is -3.93. The fourth-order valence-electron chi connectivity index (χ4n) is 2.77. The van der Waals surface area contributed by atoms with E-state index in [2.05, 4.69) is 0 Å². The van der Waals surface area contributed by atoms with Gasteiger partial charge in [0.25, 0.3) is 0 Å². The van der Waals surface area contributed by atoms with E-state index < -0.39 is 27.3 Å². The molecule has 0 amide bonds. The van der Waals surface area contributed by atoms with Crippen LogP contribution in [0.2, 0.25) is 0 Å². The lowest BCUT2D eigenvalue weighted by Gasteiger charge is -2.21. The van der Waals surface area contributed by atoms with E-state index in [1.54, 1.807) is 30.3 Å². The van der Waals surface area contributed by atoms with Crippen LogP contribution in [0.15, 0.2) is 53.4 Å². The number of hydrogen-bond acceptors (Lipinski definition) is 5. The van der Waals surface area contributed by atoms with Gasteiger partial charge in [0.2, 0.25) is 0 Å². The van der Waals surface area contributed by atoms with Gasteiger partial charge < -0.3 is 10.2 Å². The molecule has 2 N–H and O–H groups in total. The summed E-state index contributed by atoms with van der Waals surface area (Å²) in [6.07, 6.45) is -2.68. The molecule has 1 aliphatic heterocycles. The van der Waals surface area contributed by atoms with E-state index in [0.29, 0.717) is 5.56 Å². The normalized spacial score (nSPS) is 23.5. The third-order valence-corrected chi connectivity index (χ3v) is 6.09. The minimum Gasteiger partial charge on any atom is -0.387 e. The number of rotatable bonds is 2. The highest BCUT2D eigenvalue weighted by Crippen LogP contribution is 2.44. The first kappa shape index (κ1) is 14.7. The Labute approximate surface area is 128 Å². The van der Waals surface area contributed by atoms with Gasteiger partial charge in [0.15, 0.2) is 9.84 Å². The fraction of sp³-hybridized carbons (Fsp3) is 0.188. The maximum atomic E-state index is 12.6. The molecule has 0 aliphatic carbocycles. The predicted octanol–water partition coefficient (Wildman–Crippen LogP) is 1.48. The van der Waals surface area contributed by atoms with Crippen LogP contribution in [-0.4, -0.2) is 23.9 Å². The third-order valence-electron chi connectivity index (χ3n) is 3.89. The van der Waals surface area contributed by atoms with Gasteiger partial charge in [-0.15, -0.1) is 0 Å². The zero-order valence-electron chi connectivity index (χ0n) is 11.4. The van der Waals surface area contributed by atoms with Crippen molar-refractivity contribution < 1.29 is 18.6 Å². The van der Waals surface area contributed by atoms with E-state index in [4.69, 9.17) is 5.26 Å². The molecule has 1 aliphatic rings. The Bertz CT molecular complexity index is 855. The third kappa shape index (κ3) is 2.11. The van der Waals surface area contributed by atoms with Crippen molar-refractivity contribution in [3.05, 3.63) is 65.2 Å². The summed E-state index contributed by atoms with van der Waals surface area (Å²) in [7, 11) is -3.93. The molecule has 0 fully saturated rings. The first-order valence-electron chi connectivity index (χ1n) is 6.66. The Morgan fingerprint density at radius 2 is 1.82 bits per heavy atom. The Kier molecular flexibility index (Phi) is 3.49. The smallest absolute Gasteiger partial charge is 0.187 e. The number of aliphatic hydroxyl groups is 2. The van der Waals surface area contributed by atoms with Crippen LogP contribution in [0.4, 0.5) is 0 Å². The summed E-state index contributed by atoms with van der Waals surface area (Å²) in [6, 6.07) is 14.3. The Morgan fingerprint density at radius 1 is 1.14 bits per heavy atom. The largest absolute Gasteiger partial charge is 0.387 e. The molecule has 112 valence electrons. The zero-order valence-corrected chi connectivity index (χ0v) is 12.2. The van der Waals surface area contributed by atoms with Gasteiger partial charge in [-0.2, -0.15) is 5.26 Å². The van der Waals surface area contributed by atoms with Crippen molar-refractivity contribution in [3.8, 4) is 6.07 Å². The van der Waals surface area contributed by atoms with E-state index in [0.717, 1.165) is 0 Å². The molecule has 0 saturated carbocycles. The van der Waals surface area contributed by atoms with Crippen LogP contribution < -0.4 is 0 Å². The van der Waals surface area contributed by atoms with Crippen LogP contribution in [0.3, 0.4) is 0 Å². The molecule has 6 heteroatoms. The van der Waals surface area contributed by atoms with Gasteiger partial charge in [0.1, 0.15) is 11.4 Å². The molecule has 0 saturated heterocycles. The summed E-state index contributed by atoms with van der Waals surface area (Å²) in [6.45, 7) is 0. The molecule has 0 bridgehead atoms. The molecule has 0 radical (unpaired) electrons. The van der Waals surface area contributed by atoms with Gasteiger partial charge in [0.05, 0.1) is 22.6 Å². The van der Waals surface area contributed by atoms with Crippen LogP contribution >= 0.6 is 0 Å². The van der Waals surface area contributed by atoms with E-state index >= 15 is 0 Å². The molecule has 3 atom stereocenters. The van der Waals surface area contributed by atoms with Crippen molar-refractivity contribution in [2.75, 3.05) is 0 Å². The van der Waals surface area contributed by atoms with E-state index in [1.165, 1.54) is 18.2 Å². The van der Waals surface area contributed by atoms with Crippen molar-refractivity contribution >= 4 is 9.84 Å². The van der Waals surface area contributed by atoms with Gasteiger partial charge in [-0.05, 0) is 17.7 Å². The molecular formula is C16H13NO4S. The molecular weight excluding hydrogens is 302 g/mol. The average Bonchev–Trinajstić information content (AvgIpc) is 2.74. The quantitative estimate of drug-likeness (QED) is 0.874. The lowest BCUT2D eigenvalue weighted by atomic mass is 9.98. The maximum Gasteiger partial charge on any atom is 0.187 e. The summed E-state index contributed by atoms with van der Waals surface area (Å²) in [5, 5.41) is 28.3. The van der Waals surface area contributed by atoms with Crippen LogP contribution in [0, 0.1) is 11.3 Å². The maximum absolute atomic E-state index is 12.6. The van der Waals surface area contributed by atoms with E-state index in [9.17, 15) is 18.6 Å². The minimum absolute atomic E-state index is 0.0842. The van der Waals surface area contributed by atoms with Crippen molar-refractivity contribution in [1.29, 1.82) is 5.26 Å². The van der Waals surface area contributed by atoms with E-state index in [1.807, 2.05) is 6.07 Å². The first-order chi connectivity index (χ1) is 10.5. The van der Waals surface area contributed by atoms with Crippen molar-refractivity contribution in [2.24, 2.45) is 0 Å². The number of nitriles is 1. The Morgan fingerprint density at radius 3 is 2.45 bits per heavy atom. The van der Waals surface area contributed by atoms with E-state index in [-0.39, 0.29) is 16.0 Å². The van der Waals surface area contributed by atoms with Crippen LogP contribution in [0.25, 0.3) is 0 Å². The molecule has 0 aromatic heterocycles. The molecule has 5 nitrogen and oxygen atoms in total. The predicted molar refractivity (Wildman–Crippen MR) is 78.5 cm³/mol. The van der Waals surface area contributed by atoms with Gasteiger partial charge in [-0.25, -0.2) is 8.42 Å². The standard InChI is InChI=1S/C16H13NO4S/c17-9-10-6-7-12-13(8-10)22(20,21)16(15(12)19)14(18)11-4-2-1-3-5-11/h1-8,14-16,18-19H. The number of aliphatic hydroxyl groups excluding tert-OH is 2. The average molecular weight is 315 g/mol. The molecule has 0 spiro atoms. The summed E-state index contributed by atoms with van der Waals surface area (Å²) in [4.78, 5) is -0.0842. The van der Waals surface area contributed by atoms with Gasteiger partial charge in [0, 0.05) is 5.56 Å². The lowest BCUT2D eigenvalue weighted by Crippen LogP contribution is -2.28. The lowest BCUT2D eigenvalue weighted by molar-refractivity contribution is 0.0887. The van der Waals surface area contributed by atoms with Gasteiger partial charge >= 0.3 is 0 Å². The van der Waals surface area contributed by atoms with Crippen LogP contribution in [0.1, 0.15) is 28.9 Å². The highest BCUT2D eigenvalue weighted by Gasteiger charge is 2.48. The summed E-state index contributed by atoms with van der Waals surface area (Å²) >= 11 is 0. The molecule has 1 heterocycles. The second-order valence-electron chi connectivity index (χ2n) is 5.17. The Balaban J connectivity index is 2.11. The van der Waals surface area contributed by atoms with Crippen LogP contribution in [0.5, 0.6) is 0 Å². The van der Waals surface area contributed by atoms with Crippen LogP contribution in [-0.2, 0) is 9.84 Å². The van der Waals surface area contributed by atoms with Gasteiger partial charge in [-0.3, -0.25) is 0 Å². The molecule has 3 unspecified atom stereocenters. The summed E-state index contributed by atoms with van der Waals surface area (Å²) in [5.74, 6) is 0. The second-order valence-corrected chi connectivity index (χ2v) is 7.25. The highest BCUT2D eigenvalue weighted by atomic mass is 32.2. The molecule has 22 heavy (non-hydrogen) atoms. The fourth-order valence-corrected chi connectivity index (χ4v) is 4.85. The van der Waals surface area contributed by atoms with Crippen molar-refractivity contribution in [2.45, 2.75) is 22.4 Å². The number of nitrogens with zero attached hydrogens (tertiary/aromatic N) is 1. The highest BCUT2D eigenvalue weighted by molar-refractivity contribution is 7.92. The summed E-state index contributed by atoms with van der Waals surface area (Å²) < 4.78 is 25.3. The number of benzene rings is 2. The van der Waals surface area contributed by atoms with Gasteiger partial charge in [-0.1, -0.05) is 36.4 Å². The molecule has 3 rings (SSSR count). The number of fused-ring (bicyclic) bond motifs is 1. The monoisotopic (exact) mass is 315 g/mol. The number of sulfone groups is 1. The zero-order chi connectivity index (χ0) is 15.9. The number of hydrogen-bond donors (Lipinski definition) is 2. The summed E-state index contributed by atoms with van der Waals surface area (Å²) in [5.41, 5.74) is 0.840.